The molecule has 1 N–H and O–H groups in total. The molecular formula is C24H29F3N2O2. The fourth-order valence-corrected chi connectivity index (χ4v) is 4.61. The summed E-state index contributed by atoms with van der Waals surface area (Å²) in [6.07, 6.45) is 6.91. The van der Waals surface area contributed by atoms with Gasteiger partial charge in [-0.2, -0.15) is 13.2 Å². The van der Waals surface area contributed by atoms with Crippen molar-refractivity contribution < 1.29 is 22.7 Å². The summed E-state index contributed by atoms with van der Waals surface area (Å²) in [5, 5.41) is 3.26. The minimum atomic E-state index is -4.34. The van der Waals surface area contributed by atoms with Gasteiger partial charge in [0.1, 0.15) is 0 Å². The Balaban J connectivity index is 0.00000132. The van der Waals surface area contributed by atoms with Crippen molar-refractivity contribution in [2.75, 3.05) is 11.9 Å². The molecule has 0 aliphatic heterocycles. The third-order valence-electron chi connectivity index (χ3n) is 5.93. The summed E-state index contributed by atoms with van der Waals surface area (Å²) in [4.78, 5) is 16.8. The van der Waals surface area contributed by atoms with E-state index >= 15 is 0 Å². The first kappa shape index (κ1) is 23.1. The summed E-state index contributed by atoms with van der Waals surface area (Å²) >= 11 is 0. The molecule has 1 aromatic rings. The Morgan fingerprint density at radius 3 is 2.42 bits per heavy atom. The van der Waals surface area contributed by atoms with Crippen molar-refractivity contribution in [3.8, 4) is 0 Å². The number of esters is 1. The lowest BCUT2D eigenvalue weighted by molar-refractivity contribution is -0.0928. The van der Waals surface area contributed by atoms with Gasteiger partial charge < -0.3 is 10.1 Å². The molecule has 2 bridgehead atoms. The Hall–Kier alpha value is -2.57. The standard InChI is InChI=1S/C22H23F3N2O2.C2H6/c1-2-29-21(28)20-19-14-8-6-13(7-9-14)18(19)17(12-26-20)27-16-5-3-4-15(10-11-16)22(23,24)25;1-2/h3-5,11-14,27H,2,6-10H2,1H3;1-2H3. The second-order valence-corrected chi connectivity index (χ2v) is 7.65. The number of halogens is 3. The fraction of sp³-hybridized carbons (Fsp3) is 0.500. The maximum Gasteiger partial charge on any atom is 0.412 e. The summed E-state index contributed by atoms with van der Waals surface area (Å²) in [5.41, 5.74) is 3.20. The van der Waals surface area contributed by atoms with E-state index in [1.54, 1.807) is 19.2 Å². The monoisotopic (exact) mass is 434 g/mol. The van der Waals surface area contributed by atoms with Crippen LogP contribution in [0.3, 0.4) is 0 Å². The quantitative estimate of drug-likeness (QED) is 0.531. The third-order valence-corrected chi connectivity index (χ3v) is 5.93. The van der Waals surface area contributed by atoms with Crippen LogP contribution in [0.2, 0.25) is 0 Å². The lowest BCUT2D eigenvalue weighted by Gasteiger charge is -2.40. The molecule has 7 heteroatoms. The summed E-state index contributed by atoms with van der Waals surface area (Å²) in [5.74, 6) is 0.198. The van der Waals surface area contributed by atoms with Gasteiger partial charge in [-0.15, -0.1) is 0 Å². The molecule has 0 amide bonds. The normalized spacial score (nSPS) is 21.7. The van der Waals surface area contributed by atoms with Crippen LogP contribution in [0.15, 0.2) is 41.8 Å². The number of anilines is 1. The summed E-state index contributed by atoms with van der Waals surface area (Å²) < 4.78 is 44.1. The highest BCUT2D eigenvalue weighted by Gasteiger charge is 2.39. The first-order valence-electron chi connectivity index (χ1n) is 11.0. The first-order chi connectivity index (χ1) is 14.9. The zero-order chi connectivity index (χ0) is 22.6. The van der Waals surface area contributed by atoms with E-state index in [1.807, 2.05) is 13.8 Å². The molecule has 1 aromatic heterocycles. The number of hydrogen-bond donors (Lipinski definition) is 1. The molecule has 0 aromatic carbocycles. The molecule has 0 radical (unpaired) electrons. The van der Waals surface area contributed by atoms with Crippen LogP contribution in [-0.2, 0) is 4.74 Å². The summed E-state index contributed by atoms with van der Waals surface area (Å²) in [6, 6.07) is 0. The van der Waals surface area contributed by atoms with Crippen molar-refractivity contribution in [3.05, 3.63) is 58.6 Å². The molecule has 4 nitrogen and oxygen atoms in total. The van der Waals surface area contributed by atoms with Crippen LogP contribution < -0.4 is 5.32 Å². The van der Waals surface area contributed by atoms with Crippen LogP contribution in [0.4, 0.5) is 18.9 Å². The molecule has 168 valence electrons. The number of nitrogens with one attached hydrogen (secondary N) is 1. The Labute approximate surface area is 181 Å². The van der Waals surface area contributed by atoms with E-state index in [0.717, 1.165) is 48.6 Å². The highest BCUT2D eigenvalue weighted by molar-refractivity contribution is 5.91. The van der Waals surface area contributed by atoms with E-state index in [1.165, 1.54) is 12.2 Å². The van der Waals surface area contributed by atoms with Gasteiger partial charge in [0.05, 0.1) is 18.5 Å². The molecule has 0 spiro atoms. The van der Waals surface area contributed by atoms with Gasteiger partial charge in [0.15, 0.2) is 5.69 Å². The minimum Gasteiger partial charge on any atom is -0.461 e. The number of fused-ring (bicyclic) bond motifs is 2. The SMILES string of the molecule is CC.CCOC(=O)c1ncc(NC2=CCC(C(F)(F)F)=CC=C2)c2c1C1CCC2CC1. The Kier molecular flexibility index (Phi) is 7.23. The van der Waals surface area contributed by atoms with Crippen molar-refractivity contribution in [1.29, 1.82) is 0 Å². The van der Waals surface area contributed by atoms with Crippen LogP contribution in [0.25, 0.3) is 0 Å². The first-order valence-corrected chi connectivity index (χ1v) is 11.0. The Bertz CT molecular complexity index is 908. The van der Waals surface area contributed by atoms with Gasteiger partial charge in [0.25, 0.3) is 0 Å². The highest BCUT2D eigenvalue weighted by Crippen LogP contribution is 2.52. The van der Waals surface area contributed by atoms with Gasteiger partial charge in [0, 0.05) is 11.3 Å². The molecule has 4 aliphatic rings. The largest absolute Gasteiger partial charge is 0.461 e. The molecule has 0 unspecified atom stereocenters. The third kappa shape index (κ3) is 4.86. The van der Waals surface area contributed by atoms with E-state index in [2.05, 4.69) is 10.3 Å². The number of ether oxygens (including phenoxy) is 1. The van der Waals surface area contributed by atoms with Gasteiger partial charge in [-0.3, -0.25) is 0 Å². The van der Waals surface area contributed by atoms with Crippen molar-refractivity contribution in [1.82, 2.24) is 4.98 Å². The van der Waals surface area contributed by atoms with E-state index < -0.39 is 17.7 Å². The number of rotatable bonds is 4. The maximum atomic E-state index is 13.0. The number of alkyl halides is 3. The van der Waals surface area contributed by atoms with Crippen LogP contribution in [0.1, 0.15) is 86.3 Å². The smallest absolute Gasteiger partial charge is 0.412 e. The molecule has 0 saturated heterocycles. The number of hydrogen-bond acceptors (Lipinski definition) is 4. The average Bonchev–Trinajstić information content (AvgIpc) is 3.02. The second kappa shape index (κ2) is 9.71. The van der Waals surface area contributed by atoms with Gasteiger partial charge >= 0.3 is 12.1 Å². The molecule has 5 rings (SSSR count). The Morgan fingerprint density at radius 2 is 1.81 bits per heavy atom. The molecule has 1 fully saturated rings. The molecule has 1 heterocycles. The van der Waals surface area contributed by atoms with Gasteiger partial charge in [-0.1, -0.05) is 32.1 Å². The molecule has 1 saturated carbocycles. The number of carbonyl (C=O) groups excluding carboxylic acids is 1. The fourth-order valence-electron chi connectivity index (χ4n) is 4.61. The van der Waals surface area contributed by atoms with E-state index in [4.69, 9.17) is 4.74 Å². The number of carbonyl (C=O) groups is 1. The van der Waals surface area contributed by atoms with Crippen LogP contribution in [0, 0.1) is 0 Å². The van der Waals surface area contributed by atoms with E-state index in [-0.39, 0.29) is 18.9 Å². The summed E-state index contributed by atoms with van der Waals surface area (Å²) in [6.45, 7) is 6.05. The predicted molar refractivity (Wildman–Crippen MR) is 115 cm³/mol. The second-order valence-electron chi connectivity index (χ2n) is 7.65. The maximum absolute atomic E-state index is 13.0. The molecular weight excluding hydrogens is 405 g/mol. The van der Waals surface area contributed by atoms with Crippen molar-refractivity contribution >= 4 is 11.7 Å². The average molecular weight is 435 g/mol. The topological polar surface area (TPSA) is 51.2 Å². The van der Waals surface area contributed by atoms with Gasteiger partial charge in [-0.25, -0.2) is 9.78 Å². The molecule has 4 aliphatic carbocycles. The lowest BCUT2D eigenvalue weighted by atomic mass is 9.66. The van der Waals surface area contributed by atoms with Crippen LogP contribution in [0.5, 0.6) is 0 Å². The number of pyridine rings is 1. The molecule has 31 heavy (non-hydrogen) atoms. The van der Waals surface area contributed by atoms with Crippen molar-refractivity contribution in [2.45, 2.75) is 70.9 Å². The number of aromatic nitrogens is 1. The van der Waals surface area contributed by atoms with Crippen LogP contribution in [-0.4, -0.2) is 23.7 Å². The van der Waals surface area contributed by atoms with Gasteiger partial charge in [0.2, 0.25) is 0 Å². The van der Waals surface area contributed by atoms with E-state index in [9.17, 15) is 18.0 Å². The zero-order valence-corrected chi connectivity index (χ0v) is 18.2. The van der Waals surface area contributed by atoms with E-state index in [0.29, 0.717) is 17.3 Å². The van der Waals surface area contributed by atoms with Crippen molar-refractivity contribution in [3.63, 3.8) is 0 Å². The van der Waals surface area contributed by atoms with Gasteiger partial charge in [-0.05, 0) is 68.1 Å². The highest BCUT2D eigenvalue weighted by atomic mass is 19.4. The Morgan fingerprint density at radius 1 is 1.16 bits per heavy atom. The van der Waals surface area contributed by atoms with Crippen LogP contribution >= 0.6 is 0 Å². The zero-order valence-electron chi connectivity index (χ0n) is 18.2. The number of nitrogens with zero attached hydrogens (tertiary/aromatic N) is 1. The minimum absolute atomic E-state index is 0.193. The lowest BCUT2D eigenvalue weighted by Crippen LogP contribution is -2.27. The molecule has 0 atom stereocenters. The predicted octanol–water partition coefficient (Wildman–Crippen LogP) is 6.78. The number of allylic oxidation sites excluding steroid dienone is 5. The van der Waals surface area contributed by atoms with Crippen molar-refractivity contribution in [2.24, 2.45) is 0 Å². The summed E-state index contributed by atoms with van der Waals surface area (Å²) in [7, 11) is 0.